The summed E-state index contributed by atoms with van der Waals surface area (Å²) in [5.74, 6) is 0. The molecule has 0 unspecified atom stereocenters. The van der Waals surface area contributed by atoms with Crippen molar-refractivity contribution in [1.82, 2.24) is 0 Å². The van der Waals surface area contributed by atoms with Crippen LogP contribution in [0.3, 0.4) is 0 Å². The number of fused-ring (bicyclic) bond motifs is 1. The first-order chi connectivity index (χ1) is 5.38. The molecular weight excluding hydrogens is 156 g/mol. The van der Waals surface area contributed by atoms with Gasteiger partial charge in [0.1, 0.15) is 0 Å². The van der Waals surface area contributed by atoms with E-state index in [4.69, 9.17) is 0 Å². The summed E-state index contributed by atoms with van der Waals surface area (Å²) in [6.45, 7) is 2.14. The molecule has 0 aromatic heterocycles. The maximum Gasteiger partial charge on any atom is -0.0155 e. The summed E-state index contributed by atoms with van der Waals surface area (Å²) in [7, 11) is 0. The average molecular weight is 174 g/mol. The maximum absolute atomic E-state index is 2.16. The highest BCUT2D eigenvalue weighted by atomic mass is 14.0. The molecule has 2 aromatic carbocycles. The Bertz CT molecular complexity index is 369. The largest absolute Gasteiger partial charge is 0.0776 e. The standard InChI is InChI=1S/C11H10.2CH4/c1-9-5-4-7-10-6-2-3-8-11(9)10;;/h2-8H,1H3;2*1H4. The average Bonchev–Trinajstić information content (AvgIpc) is 2.06. The number of aryl methyl sites for hydroxylation is 1. The Morgan fingerprint density at radius 3 is 2.08 bits per heavy atom. The molecular formula is C13H18. The van der Waals surface area contributed by atoms with Crippen LogP contribution < -0.4 is 0 Å². The highest BCUT2D eigenvalue weighted by Gasteiger charge is 1.91. The molecule has 0 heterocycles. The third kappa shape index (κ3) is 2.09. The molecule has 0 spiro atoms. The van der Waals surface area contributed by atoms with Crippen LogP contribution >= 0.6 is 0 Å². The van der Waals surface area contributed by atoms with Crippen molar-refractivity contribution in [3.63, 3.8) is 0 Å². The molecule has 70 valence electrons. The number of hydrogen-bond donors (Lipinski definition) is 0. The topological polar surface area (TPSA) is 0 Å². The third-order valence-corrected chi connectivity index (χ3v) is 2.01. The monoisotopic (exact) mass is 174 g/mol. The molecule has 13 heavy (non-hydrogen) atoms. The first kappa shape index (κ1) is 11.7. The Balaban J connectivity index is 0.000000720. The minimum absolute atomic E-state index is 0. The summed E-state index contributed by atoms with van der Waals surface area (Å²) in [5.41, 5.74) is 1.35. The maximum atomic E-state index is 2.16. The van der Waals surface area contributed by atoms with Gasteiger partial charge in [-0.15, -0.1) is 0 Å². The molecule has 0 heteroatoms. The zero-order valence-electron chi connectivity index (χ0n) is 6.54. The van der Waals surface area contributed by atoms with E-state index in [1.54, 1.807) is 0 Å². The van der Waals surface area contributed by atoms with Crippen LogP contribution in [0.5, 0.6) is 0 Å². The summed E-state index contributed by atoms with van der Waals surface area (Å²) in [5, 5.41) is 2.68. The van der Waals surface area contributed by atoms with Gasteiger partial charge in [-0.3, -0.25) is 0 Å². The van der Waals surface area contributed by atoms with Gasteiger partial charge in [0, 0.05) is 0 Å². The van der Waals surface area contributed by atoms with Gasteiger partial charge in [0.05, 0.1) is 0 Å². The first-order valence-corrected chi connectivity index (χ1v) is 3.82. The van der Waals surface area contributed by atoms with Crippen molar-refractivity contribution >= 4 is 10.8 Å². The number of hydrogen-bond acceptors (Lipinski definition) is 0. The molecule has 0 aliphatic carbocycles. The fourth-order valence-corrected chi connectivity index (χ4v) is 1.39. The molecule has 0 aliphatic rings. The zero-order valence-corrected chi connectivity index (χ0v) is 6.54. The van der Waals surface area contributed by atoms with E-state index < -0.39 is 0 Å². The summed E-state index contributed by atoms with van der Waals surface area (Å²) in [4.78, 5) is 0. The van der Waals surface area contributed by atoms with Gasteiger partial charge in [-0.25, -0.2) is 0 Å². The highest BCUT2D eigenvalue weighted by molar-refractivity contribution is 5.85. The van der Waals surface area contributed by atoms with Gasteiger partial charge < -0.3 is 0 Å². The predicted molar refractivity (Wildman–Crippen MR) is 62.1 cm³/mol. The molecule has 0 fully saturated rings. The van der Waals surface area contributed by atoms with Gasteiger partial charge in [-0.1, -0.05) is 57.3 Å². The van der Waals surface area contributed by atoms with Gasteiger partial charge in [-0.2, -0.15) is 0 Å². The number of benzene rings is 2. The quantitative estimate of drug-likeness (QED) is 0.554. The van der Waals surface area contributed by atoms with E-state index in [0.29, 0.717) is 0 Å². The van der Waals surface area contributed by atoms with Gasteiger partial charge in [0.25, 0.3) is 0 Å². The van der Waals surface area contributed by atoms with Crippen molar-refractivity contribution in [2.45, 2.75) is 21.8 Å². The molecule has 0 amide bonds. The van der Waals surface area contributed by atoms with E-state index in [9.17, 15) is 0 Å². The molecule has 2 rings (SSSR count). The predicted octanol–water partition coefficient (Wildman–Crippen LogP) is 4.42. The minimum atomic E-state index is 0. The molecule has 0 nitrogen and oxygen atoms in total. The fraction of sp³-hybridized carbons (Fsp3) is 0.231. The first-order valence-electron chi connectivity index (χ1n) is 3.82. The Labute approximate surface area is 81.2 Å². The normalized spacial score (nSPS) is 8.69. The van der Waals surface area contributed by atoms with Gasteiger partial charge in [-0.05, 0) is 23.3 Å². The second-order valence-corrected chi connectivity index (χ2v) is 2.80. The van der Waals surface area contributed by atoms with Crippen LogP contribution in [0.1, 0.15) is 20.4 Å². The van der Waals surface area contributed by atoms with E-state index in [-0.39, 0.29) is 14.9 Å². The van der Waals surface area contributed by atoms with Crippen molar-refractivity contribution in [3.05, 3.63) is 48.0 Å². The molecule has 0 radical (unpaired) electrons. The fourth-order valence-electron chi connectivity index (χ4n) is 1.39. The second-order valence-electron chi connectivity index (χ2n) is 2.80. The van der Waals surface area contributed by atoms with Crippen molar-refractivity contribution in [3.8, 4) is 0 Å². The molecule has 0 atom stereocenters. The summed E-state index contributed by atoms with van der Waals surface area (Å²) < 4.78 is 0. The van der Waals surface area contributed by atoms with Gasteiger partial charge >= 0.3 is 0 Å². The van der Waals surface area contributed by atoms with Crippen LogP contribution in [0.4, 0.5) is 0 Å². The SMILES string of the molecule is C.C.Cc1cccc2ccccc12. The molecule has 0 N–H and O–H groups in total. The van der Waals surface area contributed by atoms with Crippen LogP contribution in [-0.4, -0.2) is 0 Å². The molecule has 0 saturated heterocycles. The Morgan fingerprint density at radius 2 is 1.38 bits per heavy atom. The lowest BCUT2D eigenvalue weighted by Crippen LogP contribution is -1.75. The second kappa shape index (κ2) is 4.66. The van der Waals surface area contributed by atoms with Crippen LogP contribution in [0.25, 0.3) is 10.8 Å². The van der Waals surface area contributed by atoms with Crippen LogP contribution in [0, 0.1) is 6.92 Å². The Morgan fingerprint density at radius 1 is 0.769 bits per heavy atom. The molecule has 0 aliphatic heterocycles. The van der Waals surface area contributed by atoms with Gasteiger partial charge in [0.15, 0.2) is 0 Å². The molecule has 2 aromatic rings. The summed E-state index contributed by atoms with van der Waals surface area (Å²) in [6, 6.07) is 14.8. The lowest BCUT2D eigenvalue weighted by atomic mass is 10.1. The van der Waals surface area contributed by atoms with Gasteiger partial charge in [0.2, 0.25) is 0 Å². The summed E-state index contributed by atoms with van der Waals surface area (Å²) >= 11 is 0. The third-order valence-electron chi connectivity index (χ3n) is 2.01. The Hall–Kier alpha value is -1.30. The Kier molecular flexibility index (Phi) is 4.19. The van der Waals surface area contributed by atoms with Crippen LogP contribution in [-0.2, 0) is 0 Å². The van der Waals surface area contributed by atoms with E-state index in [1.807, 2.05) is 0 Å². The van der Waals surface area contributed by atoms with Crippen molar-refractivity contribution in [1.29, 1.82) is 0 Å². The van der Waals surface area contributed by atoms with Crippen molar-refractivity contribution < 1.29 is 0 Å². The molecule has 0 bridgehead atoms. The van der Waals surface area contributed by atoms with Crippen molar-refractivity contribution in [2.24, 2.45) is 0 Å². The van der Waals surface area contributed by atoms with E-state index in [1.165, 1.54) is 16.3 Å². The van der Waals surface area contributed by atoms with Crippen molar-refractivity contribution in [2.75, 3.05) is 0 Å². The van der Waals surface area contributed by atoms with E-state index in [2.05, 4.69) is 49.4 Å². The molecule has 0 saturated carbocycles. The number of rotatable bonds is 0. The highest BCUT2D eigenvalue weighted by Crippen LogP contribution is 2.16. The van der Waals surface area contributed by atoms with E-state index >= 15 is 0 Å². The van der Waals surface area contributed by atoms with E-state index in [0.717, 1.165) is 0 Å². The lowest BCUT2D eigenvalue weighted by molar-refractivity contribution is 1.53. The smallest absolute Gasteiger partial charge is 0.0155 e. The zero-order chi connectivity index (χ0) is 7.68. The van der Waals surface area contributed by atoms with Crippen LogP contribution in [0.15, 0.2) is 42.5 Å². The van der Waals surface area contributed by atoms with Crippen LogP contribution in [0.2, 0.25) is 0 Å². The minimum Gasteiger partial charge on any atom is -0.0776 e. The lowest BCUT2D eigenvalue weighted by Gasteiger charge is -1.98. The summed E-state index contributed by atoms with van der Waals surface area (Å²) in [6.07, 6.45) is 0.